The smallest absolute Gasteiger partial charge is 0.261 e. The zero-order valence-corrected chi connectivity index (χ0v) is 17.4. The van der Waals surface area contributed by atoms with Gasteiger partial charge in [0.2, 0.25) is 0 Å². The summed E-state index contributed by atoms with van der Waals surface area (Å²) in [5.74, 6) is 1.77. The minimum Gasteiger partial charge on any atom is -0.497 e. The Bertz CT molecular complexity index is 852. The van der Waals surface area contributed by atoms with Crippen LogP contribution in [0.5, 0.6) is 17.2 Å². The number of para-hydroxylation sites is 1. The minimum absolute atomic E-state index is 0.174. The molecule has 0 spiro atoms. The highest BCUT2D eigenvalue weighted by Crippen LogP contribution is 2.41. The quantitative estimate of drug-likeness (QED) is 0.743. The Hall–Kier alpha value is -2.40. The van der Waals surface area contributed by atoms with E-state index >= 15 is 0 Å². The molecule has 0 unspecified atom stereocenters. The molecule has 0 saturated carbocycles. The van der Waals surface area contributed by atoms with Crippen LogP contribution in [0.3, 0.4) is 0 Å². The molecule has 5 nitrogen and oxygen atoms in total. The van der Waals surface area contributed by atoms with Crippen LogP contribution in [0.25, 0.3) is 0 Å². The van der Waals surface area contributed by atoms with Gasteiger partial charge in [-0.2, -0.15) is 0 Å². The summed E-state index contributed by atoms with van der Waals surface area (Å²) in [5.41, 5.74) is 0.517. The van der Waals surface area contributed by atoms with Crippen molar-refractivity contribution in [1.82, 2.24) is 5.32 Å². The molecule has 3 rings (SSSR count). The van der Waals surface area contributed by atoms with E-state index in [4.69, 9.17) is 25.8 Å². The average molecular weight is 404 g/mol. The van der Waals surface area contributed by atoms with Crippen molar-refractivity contribution in [1.29, 1.82) is 0 Å². The summed E-state index contributed by atoms with van der Waals surface area (Å²) in [4.78, 5) is 13.0. The van der Waals surface area contributed by atoms with E-state index in [1.807, 2.05) is 51.1 Å². The van der Waals surface area contributed by atoms with Gasteiger partial charge in [-0.3, -0.25) is 4.79 Å². The van der Waals surface area contributed by atoms with Gasteiger partial charge in [0.25, 0.3) is 5.91 Å². The first-order chi connectivity index (χ1) is 13.3. The number of hydrogen-bond donors (Lipinski definition) is 1. The van der Waals surface area contributed by atoms with Crippen molar-refractivity contribution in [3.63, 3.8) is 0 Å². The molecule has 1 heterocycles. The summed E-state index contributed by atoms with van der Waals surface area (Å²) in [5, 5.41) is 3.62. The fourth-order valence-corrected chi connectivity index (χ4v) is 3.55. The molecule has 0 radical (unpaired) electrons. The summed E-state index contributed by atoms with van der Waals surface area (Å²) < 4.78 is 17.3. The molecule has 2 aromatic carbocycles. The van der Waals surface area contributed by atoms with Gasteiger partial charge in [0.1, 0.15) is 22.8 Å². The van der Waals surface area contributed by atoms with E-state index in [2.05, 4.69) is 5.32 Å². The first kappa shape index (κ1) is 20.3. The van der Waals surface area contributed by atoms with E-state index in [-0.39, 0.29) is 11.9 Å². The molecule has 1 aliphatic rings. The molecule has 1 amide bonds. The summed E-state index contributed by atoms with van der Waals surface area (Å²) in [7, 11) is 1.62. The molecule has 150 valence electrons. The Morgan fingerprint density at radius 2 is 2.07 bits per heavy atom. The fraction of sp³-hybridized carbons (Fsp3) is 0.409. The number of halogens is 1. The van der Waals surface area contributed by atoms with E-state index in [0.29, 0.717) is 23.6 Å². The minimum atomic E-state index is -0.632. The van der Waals surface area contributed by atoms with Crippen LogP contribution >= 0.6 is 11.6 Å². The number of rotatable bonds is 6. The van der Waals surface area contributed by atoms with Crippen LogP contribution in [-0.4, -0.2) is 24.7 Å². The van der Waals surface area contributed by atoms with Crippen molar-refractivity contribution < 1.29 is 19.0 Å². The summed E-state index contributed by atoms with van der Waals surface area (Å²) >= 11 is 6.17. The molecule has 0 bridgehead atoms. The molecule has 2 aromatic rings. The summed E-state index contributed by atoms with van der Waals surface area (Å²) in [6.45, 7) is 5.92. The maximum absolute atomic E-state index is 13.0. The number of amides is 1. The Labute approximate surface area is 170 Å². The lowest BCUT2D eigenvalue weighted by Gasteiger charge is -2.38. The number of benzene rings is 2. The maximum atomic E-state index is 13.0. The van der Waals surface area contributed by atoms with Gasteiger partial charge in [0.15, 0.2) is 6.10 Å². The van der Waals surface area contributed by atoms with Gasteiger partial charge in [-0.1, -0.05) is 30.7 Å². The highest BCUT2D eigenvalue weighted by atomic mass is 35.5. The highest BCUT2D eigenvalue weighted by molar-refractivity contribution is 6.32. The molecule has 28 heavy (non-hydrogen) atoms. The largest absolute Gasteiger partial charge is 0.497 e. The zero-order chi connectivity index (χ0) is 20.3. The summed E-state index contributed by atoms with van der Waals surface area (Å²) in [6.07, 6.45) is 0.548. The first-order valence-corrected chi connectivity index (χ1v) is 9.79. The van der Waals surface area contributed by atoms with Crippen molar-refractivity contribution >= 4 is 17.5 Å². The second-order valence-corrected chi connectivity index (χ2v) is 7.88. The molecule has 0 saturated heterocycles. The van der Waals surface area contributed by atoms with Crippen molar-refractivity contribution in [2.75, 3.05) is 7.11 Å². The van der Waals surface area contributed by atoms with Crippen LogP contribution < -0.4 is 19.5 Å². The SMILES string of the molecule is CC[C@H](Oc1ccccc1Cl)C(=O)N[C@H]1CC(C)(C)Oc2cc(OC)ccc21. The van der Waals surface area contributed by atoms with Crippen molar-refractivity contribution in [3.05, 3.63) is 53.1 Å². The van der Waals surface area contributed by atoms with Crippen molar-refractivity contribution in [3.8, 4) is 17.2 Å². The number of methoxy groups -OCH3 is 1. The third kappa shape index (κ3) is 4.53. The fourth-order valence-electron chi connectivity index (χ4n) is 3.37. The molecule has 2 atom stereocenters. The standard InChI is InChI=1S/C22H26ClNO4/c1-5-18(27-19-9-7-6-8-16(19)23)21(25)24-17-13-22(2,3)28-20-12-14(26-4)10-11-15(17)20/h6-12,17-18H,5,13H2,1-4H3,(H,24,25)/t17-,18-/m0/s1. The molecule has 0 fully saturated rings. The number of fused-ring (bicyclic) bond motifs is 1. The number of hydrogen-bond acceptors (Lipinski definition) is 4. The average Bonchev–Trinajstić information content (AvgIpc) is 2.65. The third-order valence-electron chi connectivity index (χ3n) is 4.76. The Balaban J connectivity index is 1.79. The van der Waals surface area contributed by atoms with E-state index in [1.165, 1.54) is 0 Å². The molecule has 0 aromatic heterocycles. The van der Waals surface area contributed by atoms with Gasteiger partial charge >= 0.3 is 0 Å². The summed E-state index contributed by atoms with van der Waals surface area (Å²) in [6, 6.07) is 12.6. The van der Waals surface area contributed by atoms with Crippen LogP contribution in [-0.2, 0) is 4.79 Å². The lowest BCUT2D eigenvalue weighted by molar-refractivity contribution is -0.129. The normalized spacial score (nSPS) is 18.4. The monoisotopic (exact) mass is 403 g/mol. The molecule has 1 aliphatic heterocycles. The maximum Gasteiger partial charge on any atom is 0.261 e. The lowest BCUT2D eigenvalue weighted by atomic mass is 9.89. The van der Waals surface area contributed by atoms with Crippen LogP contribution in [0, 0.1) is 0 Å². The number of carbonyl (C=O) groups is 1. The molecule has 1 N–H and O–H groups in total. The van der Waals surface area contributed by atoms with Gasteiger partial charge in [-0.25, -0.2) is 0 Å². The predicted octanol–water partition coefficient (Wildman–Crippen LogP) is 4.92. The van der Waals surface area contributed by atoms with Crippen LogP contribution in [0.2, 0.25) is 5.02 Å². The number of carbonyl (C=O) groups excluding carboxylic acids is 1. The van der Waals surface area contributed by atoms with Crippen molar-refractivity contribution in [2.45, 2.75) is 51.4 Å². The first-order valence-electron chi connectivity index (χ1n) is 9.41. The molecule has 0 aliphatic carbocycles. The van der Waals surface area contributed by atoms with Gasteiger partial charge in [0.05, 0.1) is 18.2 Å². The second-order valence-electron chi connectivity index (χ2n) is 7.48. The van der Waals surface area contributed by atoms with Crippen LogP contribution in [0.1, 0.15) is 45.2 Å². The number of nitrogens with one attached hydrogen (secondary N) is 1. The van der Waals surface area contributed by atoms with Crippen molar-refractivity contribution in [2.24, 2.45) is 0 Å². The number of ether oxygens (including phenoxy) is 3. The zero-order valence-electron chi connectivity index (χ0n) is 16.6. The van der Waals surface area contributed by atoms with Gasteiger partial charge in [0, 0.05) is 18.1 Å². The topological polar surface area (TPSA) is 56.8 Å². The Morgan fingerprint density at radius 1 is 1.32 bits per heavy atom. The Morgan fingerprint density at radius 3 is 2.75 bits per heavy atom. The van der Waals surface area contributed by atoms with E-state index in [1.54, 1.807) is 19.2 Å². The van der Waals surface area contributed by atoms with E-state index < -0.39 is 11.7 Å². The van der Waals surface area contributed by atoms with E-state index in [0.717, 1.165) is 17.1 Å². The highest BCUT2D eigenvalue weighted by Gasteiger charge is 2.36. The second kappa shape index (κ2) is 8.31. The van der Waals surface area contributed by atoms with E-state index in [9.17, 15) is 4.79 Å². The van der Waals surface area contributed by atoms with Gasteiger partial charge in [-0.15, -0.1) is 0 Å². The van der Waals surface area contributed by atoms with Gasteiger partial charge < -0.3 is 19.5 Å². The molecular formula is C22H26ClNO4. The Kier molecular flexibility index (Phi) is 6.04. The lowest BCUT2D eigenvalue weighted by Crippen LogP contribution is -2.45. The van der Waals surface area contributed by atoms with Gasteiger partial charge in [-0.05, 0) is 44.5 Å². The molecular weight excluding hydrogens is 378 g/mol. The molecule has 6 heteroatoms. The van der Waals surface area contributed by atoms with Crippen LogP contribution in [0.4, 0.5) is 0 Å². The third-order valence-corrected chi connectivity index (χ3v) is 5.08. The van der Waals surface area contributed by atoms with Crippen LogP contribution in [0.15, 0.2) is 42.5 Å². The predicted molar refractivity (Wildman–Crippen MR) is 109 cm³/mol.